The number of carboxylic acids is 5. The van der Waals surface area contributed by atoms with Crippen molar-refractivity contribution in [3.05, 3.63) is 0 Å². The molecule has 0 aliphatic carbocycles. The first kappa shape index (κ1) is 106. The highest BCUT2D eigenvalue weighted by molar-refractivity contribution is 5.77. The minimum absolute atomic E-state index is 0.796. The fourth-order valence-corrected chi connectivity index (χ4v) is 16.3. The summed E-state index contributed by atoms with van der Waals surface area (Å²) >= 11 is 0. The first-order valence-corrected chi connectivity index (χ1v) is 40.1. The van der Waals surface area contributed by atoms with Crippen molar-refractivity contribution in [1.82, 2.24) is 26.6 Å². The van der Waals surface area contributed by atoms with Crippen molar-refractivity contribution in [2.75, 3.05) is 33.0 Å². The molecule has 0 bridgehead atoms. The van der Waals surface area contributed by atoms with Gasteiger partial charge in [0.05, 0.1) is 33.0 Å². The molecule has 10 saturated heterocycles. The van der Waals surface area contributed by atoms with Crippen molar-refractivity contribution in [2.45, 2.75) is 341 Å². The summed E-state index contributed by atoms with van der Waals surface area (Å²) in [6.07, 6.45) is -107. The second kappa shape index (κ2) is 44.9. The second-order valence-corrected chi connectivity index (χ2v) is 31.9. The number of hydrogen-bond donors (Lipinski definition) is 32. The van der Waals surface area contributed by atoms with Crippen LogP contribution in [0.1, 0.15) is 34.6 Å². The fraction of sp³-hybridized carbons (Fsp3) is 0.857. The third-order valence-electron chi connectivity index (χ3n) is 22.7. The smallest absolute Gasteiger partial charge is 0.335 e. The van der Waals surface area contributed by atoms with E-state index in [9.17, 15) is 186 Å². The van der Waals surface area contributed by atoms with Crippen molar-refractivity contribution in [3.63, 3.8) is 0 Å². The molecule has 0 aromatic rings. The zero-order valence-corrected chi connectivity index (χ0v) is 68.8. The van der Waals surface area contributed by atoms with E-state index in [0.29, 0.717) is 0 Å². The highest BCUT2D eigenvalue weighted by Gasteiger charge is 2.64. The molecular formula is C70H107N5O56. The molecule has 0 aromatic carbocycles. The number of aliphatic carboxylic acids is 5. The number of hydrogen-bond acceptors (Lipinski definition) is 51. The van der Waals surface area contributed by atoms with Crippen LogP contribution >= 0.6 is 0 Å². The number of aliphatic hydroxyl groups is 22. The van der Waals surface area contributed by atoms with E-state index in [-0.39, 0.29) is 0 Å². The summed E-state index contributed by atoms with van der Waals surface area (Å²) in [5.74, 6) is -15.6. The van der Waals surface area contributed by atoms with Crippen LogP contribution in [-0.2, 0) is 138 Å². The Balaban J connectivity index is 0.849. The Morgan fingerprint density at radius 3 is 0.580 bits per heavy atom. The van der Waals surface area contributed by atoms with Crippen molar-refractivity contribution in [1.29, 1.82) is 0 Å². The van der Waals surface area contributed by atoms with Crippen LogP contribution in [0.2, 0.25) is 0 Å². The van der Waals surface area contributed by atoms with E-state index < -0.39 is 399 Å². The van der Waals surface area contributed by atoms with Gasteiger partial charge in [-0.2, -0.15) is 0 Å². The number of rotatable bonds is 33. The van der Waals surface area contributed by atoms with Gasteiger partial charge in [0.25, 0.3) is 0 Å². The van der Waals surface area contributed by atoms with Crippen LogP contribution in [0.4, 0.5) is 0 Å². The number of carboxylic acid groups (broad SMARTS) is 5. The summed E-state index contributed by atoms with van der Waals surface area (Å²) in [6.45, 7) is -1.80. The lowest BCUT2D eigenvalue weighted by Crippen LogP contribution is -2.72. The van der Waals surface area contributed by atoms with E-state index in [0.717, 1.165) is 34.6 Å². The van der Waals surface area contributed by atoms with E-state index in [2.05, 4.69) is 26.6 Å². The lowest BCUT2D eigenvalue weighted by Gasteiger charge is -2.51. The molecule has 0 aromatic heterocycles. The summed E-state index contributed by atoms with van der Waals surface area (Å²) in [5, 5.41) is 310. The summed E-state index contributed by atoms with van der Waals surface area (Å²) in [7, 11) is 0. The summed E-state index contributed by atoms with van der Waals surface area (Å²) in [6, 6.07) is -10.3. The van der Waals surface area contributed by atoms with Gasteiger partial charge < -0.3 is 254 Å². The predicted octanol–water partition coefficient (Wildman–Crippen LogP) is -21.6. The van der Waals surface area contributed by atoms with Crippen LogP contribution < -0.4 is 26.6 Å². The standard InChI is InChI=1S/C70H107N5O56/c1-11(81)71-21-42(26(86)16(6-76)113-61(21)112)118-67-38(98)33(93)47(52(128-67)57(104)105)123-63-23(73-13(3)83)44(28(88)18(8-78)115-63)120-69-40(100)35(95)49(54(130-69)59(108)109)125-65-25(75-15(5)85)46(30(90)20(10-80)117-65)122-70-41(101)36(96)50(55(131-70)60(110)111)126-64-24(74-14(4)84)45(29(89)19(9-79)116-64)121-68-39(99)34(94)48(53(129-68)58(106)107)124-62-22(72-12(2)82)43(27(87)17(7-77)114-62)119-66-37(97)31(91)32(92)51(127-66)56(102)103/h16-55,61-70,76-80,86-101,112H,6-10H2,1-5H3,(H,71,81)(H,72,82)(H,73,83)(H,74,84)(H,75,85)(H,102,103)(H,104,105)(H,106,107)(H,108,109)(H,110,111)/t16-,17-,18-,19-,20-,21-,22-,23-,24-,25-,26-,27-,28-,29-,30-,31+,32+,33-,34-,35-,36-,37-,38-,39-,40-,41-,42-,43-,44-,45-,46-,47+,48+,49+,50+,51+,52+,53+,54+,55+,61?,62+,63+,64+,65+,66-,67-,68-,69-,70-/m1/s1. The van der Waals surface area contributed by atoms with Crippen LogP contribution in [0.5, 0.6) is 0 Å². The summed E-state index contributed by atoms with van der Waals surface area (Å²) < 4.78 is 108. The maximum atomic E-state index is 13.4. The average Bonchev–Trinajstić information content (AvgIpc) is 0.763. The van der Waals surface area contributed by atoms with Crippen LogP contribution in [-0.4, -0.2) is 537 Å². The van der Waals surface area contributed by atoms with Gasteiger partial charge in [0.2, 0.25) is 29.5 Å². The zero-order valence-electron chi connectivity index (χ0n) is 68.8. The van der Waals surface area contributed by atoms with E-state index >= 15 is 0 Å². The molecule has 10 aliphatic rings. The quantitative estimate of drug-likeness (QED) is 0.0290. The van der Waals surface area contributed by atoms with E-state index in [1.54, 1.807) is 0 Å². The highest BCUT2D eigenvalue weighted by atomic mass is 16.8. The van der Waals surface area contributed by atoms with Crippen molar-refractivity contribution in [2.24, 2.45) is 0 Å². The molecule has 61 nitrogen and oxygen atoms in total. The Bertz CT molecular complexity index is 3890. The number of amides is 5. The predicted molar refractivity (Wildman–Crippen MR) is 390 cm³/mol. The Morgan fingerprint density at radius 2 is 0.382 bits per heavy atom. The van der Waals surface area contributed by atoms with Gasteiger partial charge in [-0.25, -0.2) is 24.0 Å². The number of ether oxygens (including phenoxy) is 19. The lowest BCUT2D eigenvalue weighted by molar-refractivity contribution is -0.382. The van der Waals surface area contributed by atoms with E-state index in [1.807, 2.05) is 0 Å². The van der Waals surface area contributed by atoms with Gasteiger partial charge in [-0.1, -0.05) is 0 Å². The molecule has 0 radical (unpaired) electrons. The minimum atomic E-state index is -2.74. The lowest BCUT2D eigenvalue weighted by atomic mass is 9.93. The van der Waals surface area contributed by atoms with E-state index in [4.69, 9.17) is 90.0 Å². The van der Waals surface area contributed by atoms with Gasteiger partial charge in [0, 0.05) is 34.6 Å². The molecule has 131 heavy (non-hydrogen) atoms. The monoisotopic (exact) mass is 1910 g/mol. The molecule has 0 spiro atoms. The largest absolute Gasteiger partial charge is 0.479 e. The molecule has 50 atom stereocenters. The Labute approximate surface area is 734 Å². The highest BCUT2D eigenvalue weighted by Crippen LogP contribution is 2.42. The third-order valence-corrected chi connectivity index (χ3v) is 22.7. The van der Waals surface area contributed by atoms with Gasteiger partial charge in [0.15, 0.2) is 93.4 Å². The Kier molecular flexibility index (Phi) is 36.4. The first-order chi connectivity index (χ1) is 61.5. The van der Waals surface area contributed by atoms with Crippen molar-refractivity contribution < 1.29 is 276 Å². The zero-order chi connectivity index (χ0) is 97.1. The minimum Gasteiger partial charge on any atom is -0.479 e. The SMILES string of the molecule is CC(=O)N[C@H]1[C@H](O[C@H]2[C@H](O)[C@@H](O)[C@H](O[C@H]3[C@H](O)[C@@H](CO)O[C@@H](O[C@H]4[C@H](O)[C@@H](O)[C@H](O[C@H]5[C@H](O)[C@@H](CO)O[C@@H](O[C@H]6[C@H](O)[C@@H](O)[C@H](O[C@H]7[C@H](O)[C@@H](CO)O[C@@H](O[C@H]8[C@H](O)[C@@H](O)[C@H](O[C@H]9[C@H](O)[C@@H](CO)OC(O)[C@@H]9NC(C)=O)O[C@@H]8C(=O)O)[C@@H]7NC(C)=O)O[C@@H]6C(=O)O)[C@@H]5NC(C)=O)O[C@@H]4C(=O)O)[C@@H]3NC(C)=O)O[C@@H]2C(=O)O)O[C@H](CO)[C@@H](O)[C@@H]1O[C@@H]1O[C@H](C(=O)O)[C@@H](O)[C@H](O)[C@H]1O. The third kappa shape index (κ3) is 23.2. The Morgan fingerprint density at radius 1 is 0.206 bits per heavy atom. The van der Waals surface area contributed by atoms with Gasteiger partial charge in [-0.15, -0.1) is 0 Å². The molecule has 10 fully saturated rings. The molecule has 5 amide bonds. The number of carbonyl (C=O) groups excluding carboxylic acids is 5. The summed E-state index contributed by atoms with van der Waals surface area (Å²) in [5.41, 5.74) is 0. The molecule has 748 valence electrons. The maximum Gasteiger partial charge on any atom is 0.335 e. The normalized spacial score (nSPS) is 46.9. The van der Waals surface area contributed by atoms with Crippen LogP contribution in [0.25, 0.3) is 0 Å². The van der Waals surface area contributed by atoms with Crippen LogP contribution in [0, 0.1) is 0 Å². The second-order valence-electron chi connectivity index (χ2n) is 31.9. The van der Waals surface area contributed by atoms with E-state index in [1.165, 1.54) is 0 Å². The Hall–Kier alpha value is -6.94. The van der Waals surface area contributed by atoms with Crippen LogP contribution in [0.3, 0.4) is 0 Å². The van der Waals surface area contributed by atoms with Gasteiger partial charge in [-0.05, 0) is 0 Å². The summed E-state index contributed by atoms with van der Waals surface area (Å²) in [4.78, 5) is 129. The van der Waals surface area contributed by atoms with Gasteiger partial charge >= 0.3 is 29.8 Å². The average molecular weight is 1910 g/mol. The molecular weight excluding hydrogens is 1810 g/mol. The topological polar surface area (TPSA) is 952 Å². The maximum absolute atomic E-state index is 13.4. The molecule has 61 heteroatoms. The molecule has 0 saturated carbocycles. The van der Waals surface area contributed by atoms with Gasteiger partial charge in [-0.3, -0.25) is 24.0 Å². The fourth-order valence-electron chi connectivity index (χ4n) is 16.3. The number of carbonyl (C=O) groups is 10. The molecule has 10 aliphatic heterocycles. The van der Waals surface area contributed by atoms with Crippen LogP contribution in [0.15, 0.2) is 0 Å². The molecule has 32 N–H and O–H groups in total. The molecule has 1 unspecified atom stereocenters. The number of aliphatic hydroxyl groups excluding tert-OH is 22. The number of nitrogens with one attached hydrogen (secondary N) is 5. The van der Waals surface area contributed by atoms with Crippen molar-refractivity contribution >= 4 is 59.4 Å². The van der Waals surface area contributed by atoms with Gasteiger partial charge in [0.1, 0.15) is 213 Å². The molecule has 10 heterocycles. The van der Waals surface area contributed by atoms with Crippen molar-refractivity contribution in [3.8, 4) is 0 Å². The first-order valence-electron chi connectivity index (χ1n) is 40.1. The molecule has 10 rings (SSSR count).